The zero-order valence-electron chi connectivity index (χ0n) is 13.4. The highest BCUT2D eigenvalue weighted by atomic mass is 16.5. The molecule has 4 heteroatoms. The van der Waals surface area contributed by atoms with Crippen LogP contribution in [0.25, 0.3) is 0 Å². The van der Waals surface area contributed by atoms with Gasteiger partial charge in [0, 0.05) is 31.7 Å². The van der Waals surface area contributed by atoms with E-state index < -0.39 is 0 Å². The van der Waals surface area contributed by atoms with E-state index in [1.165, 1.54) is 19.3 Å². The van der Waals surface area contributed by atoms with Crippen LogP contribution in [-0.2, 0) is 9.53 Å². The van der Waals surface area contributed by atoms with Gasteiger partial charge in [-0.05, 0) is 39.2 Å². The SMILES string of the molecule is CCOC(=O)CC1(N2CCN(C)CC2)CCC(CC)C1. The van der Waals surface area contributed by atoms with E-state index >= 15 is 0 Å². The number of hydrogen-bond acceptors (Lipinski definition) is 4. The lowest BCUT2D eigenvalue weighted by Crippen LogP contribution is -2.56. The zero-order valence-corrected chi connectivity index (χ0v) is 13.4. The molecule has 1 aliphatic carbocycles. The third kappa shape index (κ3) is 3.53. The Labute approximate surface area is 123 Å². The van der Waals surface area contributed by atoms with Crippen LogP contribution >= 0.6 is 0 Å². The van der Waals surface area contributed by atoms with E-state index in [9.17, 15) is 4.79 Å². The van der Waals surface area contributed by atoms with Crippen molar-refractivity contribution in [2.45, 2.75) is 51.5 Å². The Hall–Kier alpha value is -0.610. The summed E-state index contributed by atoms with van der Waals surface area (Å²) in [6.07, 6.45) is 5.42. The van der Waals surface area contributed by atoms with Gasteiger partial charge in [-0.1, -0.05) is 13.3 Å². The van der Waals surface area contributed by atoms with E-state index in [1.54, 1.807) is 0 Å². The predicted octanol–water partition coefficient (Wildman–Crippen LogP) is 2.14. The number of hydrogen-bond donors (Lipinski definition) is 0. The average Bonchev–Trinajstić information content (AvgIpc) is 2.84. The fourth-order valence-electron chi connectivity index (χ4n) is 3.88. The molecule has 2 unspecified atom stereocenters. The van der Waals surface area contributed by atoms with E-state index in [-0.39, 0.29) is 11.5 Å². The molecule has 2 atom stereocenters. The molecule has 20 heavy (non-hydrogen) atoms. The van der Waals surface area contributed by atoms with Crippen molar-refractivity contribution in [3.05, 3.63) is 0 Å². The van der Waals surface area contributed by atoms with Crippen molar-refractivity contribution in [1.29, 1.82) is 0 Å². The Morgan fingerprint density at radius 2 is 1.95 bits per heavy atom. The second-order valence-corrected chi connectivity index (χ2v) is 6.51. The lowest BCUT2D eigenvalue weighted by molar-refractivity contribution is -0.147. The highest BCUT2D eigenvalue weighted by Crippen LogP contribution is 2.43. The first-order valence-corrected chi connectivity index (χ1v) is 8.19. The maximum absolute atomic E-state index is 12.0. The normalized spacial score (nSPS) is 32.5. The summed E-state index contributed by atoms with van der Waals surface area (Å²) in [5.74, 6) is 0.771. The third-order valence-corrected chi connectivity index (χ3v) is 5.22. The summed E-state index contributed by atoms with van der Waals surface area (Å²) in [5.41, 5.74) is 0.0776. The van der Waals surface area contributed by atoms with E-state index in [4.69, 9.17) is 4.74 Å². The molecule has 2 rings (SSSR count). The van der Waals surface area contributed by atoms with Crippen LogP contribution in [-0.4, -0.2) is 61.1 Å². The summed E-state index contributed by atoms with van der Waals surface area (Å²) in [7, 11) is 2.18. The summed E-state index contributed by atoms with van der Waals surface area (Å²) in [6, 6.07) is 0. The van der Waals surface area contributed by atoms with Crippen LogP contribution in [0, 0.1) is 5.92 Å². The molecule has 2 aliphatic rings. The Kier molecular flexibility index (Phi) is 5.44. The van der Waals surface area contributed by atoms with E-state index in [1.807, 2.05) is 6.92 Å². The molecular weight excluding hydrogens is 252 g/mol. The first kappa shape index (κ1) is 15.8. The van der Waals surface area contributed by atoms with Crippen LogP contribution in [0.5, 0.6) is 0 Å². The van der Waals surface area contributed by atoms with Crippen LogP contribution < -0.4 is 0 Å². The molecule has 0 radical (unpaired) electrons. The lowest BCUT2D eigenvalue weighted by atomic mass is 9.88. The van der Waals surface area contributed by atoms with Gasteiger partial charge in [0.25, 0.3) is 0 Å². The molecule has 0 N–H and O–H groups in total. The molecule has 1 saturated heterocycles. The quantitative estimate of drug-likeness (QED) is 0.723. The van der Waals surface area contributed by atoms with Gasteiger partial charge in [0.15, 0.2) is 0 Å². The molecule has 0 aromatic rings. The van der Waals surface area contributed by atoms with Gasteiger partial charge in [-0.3, -0.25) is 9.69 Å². The van der Waals surface area contributed by atoms with Gasteiger partial charge in [-0.2, -0.15) is 0 Å². The maximum atomic E-state index is 12.0. The van der Waals surface area contributed by atoms with Crippen molar-refractivity contribution in [1.82, 2.24) is 9.80 Å². The predicted molar refractivity (Wildman–Crippen MR) is 80.7 cm³/mol. The van der Waals surface area contributed by atoms with Crippen LogP contribution in [0.15, 0.2) is 0 Å². The molecule has 2 fully saturated rings. The van der Waals surface area contributed by atoms with E-state index in [0.717, 1.165) is 38.5 Å². The minimum Gasteiger partial charge on any atom is -0.466 e. The van der Waals surface area contributed by atoms with Crippen LogP contribution in [0.1, 0.15) is 46.0 Å². The second-order valence-electron chi connectivity index (χ2n) is 6.51. The van der Waals surface area contributed by atoms with Gasteiger partial charge >= 0.3 is 5.97 Å². The minimum atomic E-state index is -0.0109. The summed E-state index contributed by atoms with van der Waals surface area (Å²) in [4.78, 5) is 17.0. The molecule has 0 aromatic carbocycles. The van der Waals surface area contributed by atoms with Crippen LogP contribution in [0.2, 0.25) is 0 Å². The summed E-state index contributed by atoms with van der Waals surface area (Å²) in [5, 5.41) is 0. The number of carbonyl (C=O) groups excluding carboxylic acids is 1. The molecule has 0 aromatic heterocycles. The van der Waals surface area contributed by atoms with Crippen LogP contribution in [0.3, 0.4) is 0 Å². The van der Waals surface area contributed by atoms with Gasteiger partial charge in [0.2, 0.25) is 0 Å². The molecule has 0 spiro atoms. The molecule has 1 saturated carbocycles. The van der Waals surface area contributed by atoms with Gasteiger partial charge < -0.3 is 9.64 Å². The highest BCUT2D eigenvalue weighted by Gasteiger charge is 2.45. The summed E-state index contributed by atoms with van der Waals surface area (Å²) in [6.45, 7) is 9.06. The van der Waals surface area contributed by atoms with Gasteiger partial charge in [0.05, 0.1) is 13.0 Å². The highest BCUT2D eigenvalue weighted by molar-refractivity contribution is 5.71. The third-order valence-electron chi connectivity index (χ3n) is 5.22. The standard InChI is InChI=1S/C16H30N2O2/c1-4-14-6-7-16(12-14,13-15(19)20-5-2)18-10-8-17(3)9-11-18/h14H,4-13H2,1-3H3. The van der Waals surface area contributed by atoms with Crippen LogP contribution in [0.4, 0.5) is 0 Å². The number of carbonyl (C=O) groups is 1. The molecule has 0 bridgehead atoms. The topological polar surface area (TPSA) is 32.8 Å². The van der Waals surface area contributed by atoms with Crippen molar-refractivity contribution in [2.24, 2.45) is 5.92 Å². The van der Waals surface area contributed by atoms with Crippen molar-refractivity contribution < 1.29 is 9.53 Å². The minimum absolute atomic E-state index is 0.0109. The number of piperazine rings is 1. The summed E-state index contributed by atoms with van der Waals surface area (Å²) < 4.78 is 5.23. The smallest absolute Gasteiger partial charge is 0.307 e. The number of likely N-dealkylation sites (N-methyl/N-ethyl adjacent to an activating group) is 1. The Bertz CT molecular complexity index is 326. The largest absolute Gasteiger partial charge is 0.466 e. The number of nitrogens with zero attached hydrogens (tertiary/aromatic N) is 2. The van der Waals surface area contributed by atoms with Crippen molar-refractivity contribution >= 4 is 5.97 Å². The van der Waals surface area contributed by atoms with E-state index in [0.29, 0.717) is 13.0 Å². The lowest BCUT2D eigenvalue weighted by Gasteiger charge is -2.45. The van der Waals surface area contributed by atoms with E-state index in [2.05, 4.69) is 23.8 Å². The van der Waals surface area contributed by atoms with Crippen molar-refractivity contribution in [2.75, 3.05) is 39.8 Å². The molecule has 4 nitrogen and oxygen atoms in total. The second kappa shape index (κ2) is 6.90. The van der Waals surface area contributed by atoms with Crippen molar-refractivity contribution in [3.63, 3.8) is 0 Å². The summed E-state index contributed by atoms with van der Waals surface area (Å²) >= 11 is 0. The van der Waals surface area contributed by atoms with Gasteiger partial charge in [-0.15, -0.1) is 0 Å². The molecule has 0 amide bonds. The number of esters is 1. The first-order chi connectivity index (χ1) is 9.59. The first-order valence-electron chi connectivity index (χ1n) is 8.19. The molecular formula is C16H30N2O2. The van der Waals surface area contributed by atoms with Crippen molar-refractivity contribution in [3.8, 4) is 0 Å². The fraction of sp³-hybridized carbons (Fsp3) is 0.938. The monoisotopic (exact) mass is 282 g/mol. The zero-order chi connectivity index (χ0) is 14.6. The molecule has 1 aliphatic heterocycles. The number of ether oxygens (including phenoxy) is 1. The van der Waals surface area contributed by atoms with Gasteiger partial charge in [0.1, 0.15) is 0 Å². The van der Waals surface area contributed by atoms with Gasteiger partial charge in [-0.25, -0.2) is 0 Å². The molecule has 1 heterocycles. The Morgan fingerprint density at radius 1 is 1.25 bits per heavy atom. The maximum Gasteiger partial charge on any atom is 0.307 e. The number of rotatable bonds is 5. The Balaban J connectivity index is 2.06. The average molecular weight is 282 g/mol. The molecule has 116 valence electrons. The fourth-order valence-corrected chi connectivity index (χ4v) is 3.88. The Morgan fingerprint density at radius 3 is 2.50 bits per heavy atom.